The molecule has 0 atom stereocenters. The molecule has 13 heavy (non-hydrogen) atoms. The maximum atomic E-state index is 11.4. The molecule has 1 rings (SSSR count). The van der Waals surface area contributed by atoms with Crippen molar-refractivity contribution >= 4 is 11.5 Å². The quantitative estimate of drug-likeness (QED) is 0.423. The Morgan fingerprint density at radius 1 is 1.54 bits per heavy atom. The van der Waals surface area contributed by atoms with E-state index in [1.54, 1.807) is 0 Å². The zero-order valence-corrected chi connectivity index (χ0v) is 7.58. The Morgan fingerprint density at radius 3 is 2.85 bits per heavy atom. The van der Waals surface area contributed by atoms with E-state index in [9.17, 15) is 4.79 Å². The van der Waals surface area contributed by atoms with E-state index in [0.29, 0.717) is 17.7 Å². The molecule has 0 amide bonds. The molecule has 3 nitrogen and oxygen atoms in total. The number of carbonyl (C=O) groups excluding carboxylic acids is 1. The van der Waals surface area contributed by atoms with Gasteiger partial charge in [0.05, 0.1) is 0 Å². The van der Waals surface area contributed by atoms with Crippen molar-refractivity contribution in [1.82, 2.24) is 0 Å². The van der Waals surface area contributed by atoms with Crippen LogP contribution in [0.4, 0.5) is 5.69 Å². The first-order chi connectivity index (χ1) is 6.15. The number of hydrogen-bond donors (Lipinski definition) is 2. The SMILES string of the molecule is CCCC(=O)c1cc(O)ccc1N. The lowest BCUT2D eigenvalue weighted by atomic mass is 10.0. The number of hydrogen-bond acceptors (Lipinski definition) is 3. The molecule has 1 aromatic carbocycles. The maximum Gasteiger partial charge on any atom is 0.165 e. The van der Waals surface area contributed by atoms with Crippen LogP contribution in [-0.2, 0) is 0 Å². The van der Waals surface area contributed by atoms with Crippen LogP contribution in [0.5, 0.6) is 5.75 Å². The molecule has 3 heteroatoms. The molecule has 0 aromatic heterocycles. The minimum atomic E-state index is -0.0177. The van der Waals surface area contributed by atoms with E-state index in [4.69, 9.17) is 10.8 Å². The fourth-order valence-electron chi connectivity index (χ4n) is 1.15. The Balaban J connectivity index is 2.99. The summed E-state index contributed by atoms with van der Waals surface area (Å²) >= 11 is 0. The predicted molar refractivity (Wildman–Crippen MR) is 51.8 cm³/mol. The summed E-state index contributed by atoms with van der Waals surface area (Å²) in [4.78, 5) is 11.4. The molecular formula is C10H13NO2. The molecule has 0 saturated heterocycles. The number of Topliss-reactive ketones (excluding diaryl/α,β-unsaturated/α-hetero) is 1. The van der Waals surface area contributed by atoms with Crippen LogP contribution in [0, 0.1) is 0 Å². The summed E-state index contributed by atoms with van der Waals surface area (Å²) in [5.41, 5.74) is 6.43. The van der Waals surface area contributed by atoms with Gasteiger partial charge in [-0.05, 0) is 24.6 Å². The molecule has 0 radical (unpaired) electrons. The fraction of sp³-hybridized carbons (Fsp3) is 0.300. The fourth-order valence-corrected chi connectivity index (χ4v) is 1.15. The van der Waals surface area contributed by atoms with E-state index in [2.05, 4.69) is 0 Å². The van der Waals surface area contributed by atoms with Gasteiger partial charge in [-0.1, -0.05) is 6.92 Å². The van der Waals surface area contributed by atoms with Gasteiger partial charge in [0.25, 0.3) is 0 Å². The van der Waals surface area contributed by atoms with Crippen molar-refractivity contribution < 1.29 is 9.90 Å². The first kappa shape index (κ1) is 9.58. The summed E-state index contributed by atoms with van der Waals surface area (Å²) in [6, 6.07) is 4.42. The number of nitrogen functional groups attached to an aromatic ring is 1. The smallest absolute Gasteiger partial charge is 0.165 e. The van der Waals surface area contributed by atoms with Crippen LogP contribution in [0.2, 0.25) is 0 Å². The normalized spacial score (nSPS) is 9.92. The topological polar surface area (TPSA) is 63.3 Å². The van der Waals surface area contributed by atoms with Gasteiger partial charge in [-0.3, -0.25) is 4.79 Å². The van der Waals surface area contributed by atoms with Crippen LogP contribution in [0.25, 0.3) is 0 Å². The zero-order chi connectivity index (χ0) is 9.84. The van der Waals surface area contributed by atoms with Gasteiger partial charge in [0.15, 0.2) is 5.78 Å². The third-order valence-corrected chi connectivity index (χ3v) is 1.81. The Morgan fingerprint density at radius 2 is 2.23 bits per heavy atom. The molecule has 1 aromatic rings. The summed E-state index contributed by atoms with van der Waals surface area (Å²) in [6.45, 7) is 1.93. The lowest BCUT2D eigenvalue weighted by Gasteiger charge is -2.03. The van der Waals surface area contributed by atoms with E-state index in [1.165, 1.54) is 18.2 Å². The summed E-state index contributed by atoms with van der Waals surface area (Å²) in [5, 5.41) is 9.15. The number of aromatic hydroxyl groups is 1. The van der Waals surface area contributed by atoms with Crippen molar-refractivity contribution in [2.45, 2.75) is 19.8 Å². The van der Waals surface area contributed by atoms with Gasteiger partial charge in [0.2, 0.25) is 0 Å². The summed E-state index contributed by atoms with van der Waals surface area (Å²) in [5.74, 6) is 0.0598. The van der Waals surface area contributed by atoms with Crippen LogP contribution in [0.1, 0.15) is 30.1 Å². The average molecular weight is 179 g/mol. The van der Waals surface area contributed by atoms with Crippen LogP contribution < -0.4 is 5.73 Å². The molecular weight excluding hydrogens is 166 g/mol. The largest absolute Gasteiger partial charge is 0.508 e. The van der Waals surface area contributed by atoms with Gasteiger partial charge in [0, 0.05) is 17.7 Å². The molecule has 3 N–H and O–H groups in total. The Labute approximate surface area is 77.2 Å². The van der Waals surface area contributed by atoms with Crippen molar-refractivity contribution in [1.29, 1.82) is 0 Å². The Kier molecular flexibility index (Phi) is 2.90. The lowest BCUT2D eigenvalue weighted by Crippen LogP contribution is -2.02. The number of carbonyl (C=O) groups is 1. The van der Waals surface area contributed by atoms with E-state index >= 15 is 0 Å². The number of ketones is 1. The van der Waals surface area contributed by atoms with Crippen molar-refractivity contribution in [3.63, 3.8) is 0 Å². The van der Waals surface area contributed by atoms with Crippen molar-refractivity contribution in [2.24, 2.45) is 0 Å². The number of phenolic OH excluding ortho intramolecular Hbond substituents is 1. The highest BCUT2D eigenvalue weighted by molar-refractivity contribution is 6.01. The number of rotatable bonds is 3. The molecule has 0 aliphatic rings. The van der Waals surface area contributed by atoms with Crippen molar-refractivity contribution in [3.05, 3.63) is 23.8 Å². The molecule has 0 heterocycles. The van der Waals surface area contributed by atoms with Crippen molar-refractivity contribution in [2.75, 3.05) is 5.73 Å². The van der Waals surface area contributed by atoms with Gasteiger partial charge >= 0.3 is 0 Å². The Hall–Kier alpha value is -1.51. The highest BCUT2D eigenvalue weighted by Gasteiger charge is 2.08. The predicted octanol–water partition coefficient (Wildman–Crippen LogP) is 1.96. The van der Waals surface area contributed by atoms with Crippen molar-refractivity contribution in [3.8, 4) is 5.75 Å². The molecule has 0 unspecified atom stereocenters. The third-order valence-electron chi connectivity index (χ3n) is 1.81. The molecule has 0 saturated carbocycles. The van der Waals surface area contributed by atoms with E-state index in [0.717, 1.165) is 6.42 Å². The van der Waals surface area contributed by atoms with Gasteiger partial charge < -0.3 is 10.8 Å². The first-order valence-electron chi connectivity index (χ1n) is 4.27. The number of nitrogens with two attached hydrogens (primary N) is 1. The third kappa shape index (κ3) is 2.21. The summed E-state index contributed by atoms with van der Waals surface area (Å²) < 4.78 is 0. The highest BCUT2D eigenvalue weighted by Crippen LogP contribution is 2.20. The number of phenols is 1. The monoisotopic (exact) mass is 179 g/mol. The molecule has 0 spiro atoms. The number of anilines is 1. The second kappa shape index (κ2) is 3.94. The Bertz CT molecular complexity index is 321. The average Bonchev–Trinajstić information content (AvgIpc) is 2.09. The van der Waals surface area contributed by atoms with Gasteiger partial charge in [-0.15, -0.1) is 0 Å². The minimum Gasteiger partial charge on any atom is -0.508 e. The standard InChI is InChI=1S/C10H13NO2/c1-2-3-10(13)8-6-7(12)4-5-9(8)11/h4-6,12H,2-3,11H2,1H3. The van der Waals surface area contributed by atoms with Gasteiger partial charge in [-0.25, -0.2) is 0 Å². The van der Waals surface area contributed by atoms with Crippen LogP contribution >= 0.6 is 0 Å². The van der Waals surface area contributed by atoms with E-state index in [-0.39, 0.29) is 11.5 Å². The molecule has 70 valence electrons. The number of benzene rings is 1. The second-order valence-corrected chi connectivity index (χ2v) is 2.94. The van der Waals surface area contributed by atoms with E-state index in [1.807, 2.05) is 6.92 Å². The molecule has 0 aliphatic carbocycles. The van der Waals surface area contributed by atoms with Gasteiger partial charge in [0.1, 0.15) is 5.75 Å². The van der Waals surface area contributed by atoms with Gasteiger partial charge in [-0.2, -0.15) is 0 Å². The van der Waals surface area contributed by atoms with Crippen LogP contribution in [0.3, 0.4) is 0 Å². The molecule has 0 fully saturated rings. The lowest BCUT2D eigenvalue weighted by molar-refractivity contribution is 0.0982. The van der Waals surface area contributed by atoms with Crippen LogP contribution in [-0.4, -0.2) is 10.9 Å². The van der Waals surface area contributed by atoms with E-state index < -0.39 is 0 Å². The minimum absolute atomic E-state index is 0.0177. The second-order valence-electron chi connectivity index (χ2n) is 2.94. The molecule has 0 aliphatic heterocycles. The summed E-state index contributed by atoms with van der Waals surface area (Å²) in [7, 11) is 0. The molecule has 0 bridgehead atoms. The highest BCUT2D eigenvalue weighted by atomic mass is 16.3. The summed E-state index contributed by atoms with van der Waals surface area (Å²) in [6.07, 6.45) is 1.25. The zero-order valence-electron chi connectivity index (χ0n) is 7.58. The first-order valence-corrected chi connectivity index (χ1v) is 4.27. The maximum absolute atomic E-state index is 11.4. The van der Waals surface area contributed by atoms with Crippen LogP contribution in [0.15, 0.2) is 18.2 Å².